The molecule has 0 aromatic rings. The minimum absolute atomic E-state index is 0.804. The standard InChI is InChI=1S/C13H28N2/c1-4-5-6-7-12(2)15-9-8-13(11-15)10-14-3/h12-14H,4-11H2,1-3H3. The highest BCUT2D eigenvalue weighted by atomic mass is 15.2. The lowest BCUT2D eigenvalue weighted by atomic mass is 10.1. The van der Waals surface area contributed by atoms with Crippen LogP contribution in [0.15, 0.2) is 0 Å². The molecule has 0 bridgehead atoms. The Labute approximate surface area is 95.4 Å². The molecule has 15 heavy (non-hydrogen) atoms. The average molecular weight is 212 g/mol. The van der Waals surface area contributed by atoms with E-state index in [1.165, 1.54) is 51.7 Å². The maximum atomic E-state index is 3.29. The van der Waals surface area contributed by atoms with Crippen molar-refractivity contribution in [1.82, 2.24) is 10.2 Å². The van der Waals surface area contributed by atoms with E-state index in [0.717, 1.165) is 12.0 Å². The van der Waals surface area contributed by atoms with E-state index in [2.05, 4.69) is 31.1 Å². The second-order valence-corrected chi connectivity index (χ2v) is 5.05. The Kier molecular flexibility index (Phi) is 6.26. The van der Waals surface area contributed by atoms with Crippen molar-refractivity contribution in [3.05, 3.63) is 0 Å². The summed E-state index contributed by atoms with van der Waals surface area (Å²) < 4.78 is 0. The number of likely N-dealkylation sites (tertiary alicyclic amines) is 1. The lowest BCUT2D eigenvalue weighted by Crippen LogP contribution is -2.32. The van der Waals surface area contributed by atoms with Crippen molar-refractivity contribution in [2.75, 3.05) is 26.7 Å². The predicted molar refractivity (Wildman–Crippen MR) is 67.2 cm³/mol. The van der Waals surface area contributed by atoms with Crippen molar-refractivity contribution in [3.8, 4) is 0 Å². The van der Waals surface area contributed by atoms with Gasteiger partial charge >= 0.3 is 0 Å². The molecule has 1 fully saturated rings. The third-order valence-electron chi connectivity index (χ3n) is 3.66. The quantitative estimate of drug-likeness (QED) is 0.652. The summed E-state index contributed by atoms with van der Waals surface area (Å²) in [5.74, 6) is 0.892. The van der Waals surface area contributed by atoms with Crippen molar-refractivity contribution in [2.45, 2.75) is 52.0 Å². The molecule has 2 heteroatoms. The van der Waals surface area contributed by atoms with Gasteiger partial charge < -0.3 is 10.2 Å². The summed E-state index contributed by atoms with van der Waals surface area (Å²) in [5, 5.41) is 3.29. The summed E-state index contributed by atoms with van der Waals surface area (Å²) in [4.78, 5) is 2.68. The van der Waals surface area contributed by atoms with Crippen molar-refractivity contribution < 1.29 is 0 Å². The van der Waals surface area contributed by atoms with Gasteiger partial charge in [-0.15, -0.1) is 0 Å². The van der Waals surface area contributed by atoms with Crippen LogP contribution < -0.4 is 5.32 Å². The molecule has 2 nitrogen and oxygen atoms in total. The van der Waals surface area contributed by atoms with Crippen LogP contribution in [0.25, 0.3) is 0 Å². The highest BCUT2D eigenvalue weighted by Crippen LogP contribution is 2.20. The Balaban J connectivity index is 2.15. The van der Waals surface area contributed by atoms with E-state index in [1.807, 2.05) is 0 Å². The molecule has 0 aliphatic carbocycles. The topological polar surface area (TPSA) is 15.3 Å². The summed E-state index contributed by atoms with van der Waals surface area (Å²) in [6.45, 7) is 8.51. The minimum atomic E-state index is 0.804. The van der Waals surface area contributed by atoms with Crippen LogP contribution in [0.2, 0.25) is 0 Å². The molecule has 1 aliphatic rings. The monoisotopic (exact) mass is 212 g/mol. The van der Waals surface area contributed by atoms with E-state index >= 15 is 0 Å². The summed E-state index contributed by atoms with van der Waals surface area (Å²) in [6.07, 6.45) is 6.93. The van der Waals surface area contributed by atoms with Gasteiger partial charge in [0.1, 0.15) is 0 Å². The Hall–Kier alpha value is -0.0800. The van der Waals surface area contributed by atoms with Crippen LogP contribution in [0, 0.1) is 5.92 Å². The van der Waals surface area contributed by atoms with Crippen LogP contribution in [-0.2, 0) is 0 Å². The van der Waals surface area contributed by atoms with Crippen LogP contribution in [0.1, 0.15) is 46.0 Å². The Morgan fingerprint density at radius 2 is 2.20 bits per heavy atom. The molecule has 90 valence electrons. The first-order chi connectivity index (χ1) is 7.27. The van der Waals surface area contributed by atoms with Crippen molar-refractivity contribution in [3.63, 3.8) is 0 Å². The molecule has 0 aromatic heterocycles. The van der Waals surface area contributed by atoms with Crippen molar-refractivity contribution >= 4 is 0 Å². The second kappa shape index (κ2) is 7.24. The van der Waals surface area contributed by atoms with Crippen LogP contribution in [-0.4, -0.2) is 37.6 Å². The molecule has 0 radical (unpaired) electrons. The second-order valence-electron chi connectivity index (χ2n) is 5.05. The summed E-state index contributed by atoms with van der Waals surface area (Å²) in [5.41, 5.74) is 0. The third-order valence-corrected chi connectivity index (χ3v) is 3.66. The SMILES string of the molecule is CCCCCC(C)N1CCC(CNC)C1. The number of nitrogens with zero attached hydrogens (tertiary/aromatic N) is 1. The molecule has 1 N–H and O–H groups in total. The van der Waals surface area contributed by atoms with Gasteiger partial charge in [0.2, 0.25) is 0 Å². The van der Waals surface area contributed by atoms with Crippen LogP contribution in [0.5, 0.6) is 0 Å². The lowest BCUT2D eigenvalue weighted by Gasteiger charge is -2.24. The van der Waals surface area contributed by atoms with Gasteiger partial charge in [-0.2, -0.15) is 0 Å². The number of rotatable bonds is 7. The zero-order valence-electron chi connectivity index (χ0n) is 10.8. The molecule has 1 rings (SSSR count). The van der Waals surface area contributed by atoms with E-state index in [1.54, 1.807) is 0 Å². The molecule has 1 heterocycles. The van der Waals surface area contributed by atoms with Gasteiger partial charge in [0.15, 0.2) is 0 Å². The molecule has 2 unspecified atom stereocenters. The van der Waals surface area contributed by atoms with Crippen LogP contribution in [0.3, 0.4) is 0 Å². The predicted octanol–water partition coefficient (Wildman–Crippen LogP) is 2.50. The lowest BCUT2D eigenvalue weighted by molar-refractivity contribution is 0.233. The molecule has 2 atom stereocenters. The normalized spacial score (nSPS) is 24.6. The van der Waals surface area contributed by atoms with Gasteiger partial charge in [0.25, 0.3) is 0 Å². The fourth-order valence-corrected chi connectivity index (χ4v) is 2.59. The first-order valence-electron chi connectivity index (χ1n) is 6.66. The van der Waals surface area contributed by atoms with E-state index in [9.17, 15) is 0 Å². The first kappa shape index (κ1) is 13.0. The molecule has 0 saturated carbocycles. The molecular weight excluding hydrogens is 184 g/mol. The molecule has 1 saturated heterocycles. The molecular formula is C13H28N2. The highest BCUT2D eigenvalue weighted by molar-refractivity contribution is 4.80. The van der Waals surface area contributed by atoms with E-state index < -0.39 is 0 Å². The maximum Gasteiger partial charge on any atom is 0.00670 e. The fourth-order valence-electron chi connectivity index (χ4n) is 2.59. The van der Waals surface area contributed by atoms with Crippen molar-refractivity contribution in [1.29, 1.82) is 0 Å². The van der Waals surface area contributed by atoms with Gasteiger partial charge in [0.05, 0.1) is 0 Å². The van der Waals surface area contributed by atoms with Crippen molar-refractivity contribution in [2.24, 2.45) is 5.92 Å². The maximum absolute atomic E-state index is 3.29. The van der Waals surface area contributed by atoms with E-state index in [0.29, 0.717) is 0 Å². The molecule has 0 aromatic carbocycles. The number of nitrogens with one attached hydrogen (secondary N) is 1. The van der Waals surface area contributed by atoms with Gasteiger partial charge in [0, 0.05) is 12.6 Å². The summed E-state index contributed by atoms with van der Waals surface area (Å²) in [7, 11) is 2.06. The number of hydrogen-bond acceptors (Lipinski definition) is 2. The third kappa shape index (κ3) is 4.52. The smallest absolute Gasteiger partial charge is 0.00670 e. The molecule has 1 aliphatic heterocycles. The largest absolute Gasteiger partial charge is 0.319 e. The Morgan fingerprint density at radius 3 is 2.87 bits per heavy atom. The first-order valence-corrected chi connectivity index (χ1v) is 6.66. The van der Waals surface area contributed by atoms with Gasteiger partial charge in [-0.25, -0.2) is 0 Å². The fraction of sp³-hybridized carbons (Fsp3) is 1.00. The zero-order chi connectivity index (χ0) is 11.1. The zero-order valence-corrected chi connectivity index (χ0v) is 10.8. The molecule has 0 amide bonds. The summed E-state index contributed by atoms with van der Waals surface area (Å²) in [6, 6.07) is 0.804. The number of unbranched alkanes of at least 4 members (excludes halogenated alkanes) is 2. The van der Waals surface area contributed by atoms with Gasteiger partial charge in [-0.3, -0.25) is 0 Å². The van der Waals surface area contributed by atoms with E-state index in [-0.39, 0.29) is 0 Å². The number of hydrogen-bond donors (Lipinski definition) is 1. The van der Waals surface area contributed by atoms with Crippen LogP contribution in [0.4, 0.5) is 0 Å². The van der Waals surface area contributed by atoms with Gasteiger partial charge in [-0.1, -0.05) is 26.2 Å². The molecule has 0 spiro atoms. The minimum Gasteiger partial charge on any atom is -0.319 e. The van der Waals surface area contributed by atoms with E-state index in [4.69, 9.17) is 0 Å². The Bertz CT molecular complexity index is 159. The van der Waals surface area contributed by atoms with Gasteiger partial charge in [-0.05, 0) is 45.8 Å². The van der Waals surface area contributed by atoms with Crippen LogP contribution >= 0.6 is 0 Å². The Morgan fingerprint density at radius 1 is 1.40 bits per heavy atom. The average Bonchev–Trinajstić information content (AvgIpc) is 2.67. The summed E-state index contributed by atoms with van der Waals surface area (Å²) >= 11 is 0. The highest BCUT2D eigenvalue weighted by Gasteiger charge is 2.24.